The number of fused-ring (bicyclic) bond motifs is 1. The first-order valence-electron chi connectivity index (χ1n) is 4.07. The van der Waals surface area contributed by atoms with Crippen LogP contribution in [0.2, 0.25) is 5.02 Å². The molecule has 3 nitrogen and oxygen atoms in total. The molecule has 1 aromatic carbocycles. The average Bonchev–Trinajstić information content (AvgIpc) is 2.16. The van der Waals surface area contributed by atoms with Gasteiger partial charge < -0.3 is 5.11 Å². The minimum absolute atomic E-state index is 0.0190. The van der Waals surface area contributed by atoms with Crippen molar-refractivity contribution < 1.29 is 9.90 Å². The van der Waals surface area contributed by atoms with Crippen LogP contribution in [-0.2, 0) is 0 Å². The fourth-order valence-corrected chi connectivity index (χ4v) is 2.20. The Morgan fingerprint density at radius 3 is 2.80 bits per heavy atom. The summed E-state index contributed by atoms with van der Waals surface area (Å²) in [6, 6.07) is 6.55. The van der Waals surface area contributed by atoms with Crippen molar-refractivity contribution in [3.05, 3.63) is 39.5 Å². The number of carbonyl (C=O) groups is 1. The van der Waals surface area contributed by atoms with E-state index in [0.29, 0.717) is 15.0 Å². The first-order valence-corrected chi connectivity index (χ1v) is 5.24. The van der Waals surface area contributed by atoms with Gasteiger partial charge in [0.15, 0.2) is 0 Å². The second-order valence-corrected chi connectivity index (χ2v) is 4.25. The molecule has 0 aliphatic rings. The second-order valence-electron chi connectivity index (χ2n) is 2.96. The van der Waals surface area contributed by atoms with Crippen LogP contribution in [0.5, 0.6) is 0 Å². The summed E-state index contributed by atoms with van der Waals surface area (Å²) in [6.07, 6.45) is 0. The predicted molar refractivity (Wildman–Crippen MR) is 61.4 cm³/mol. The third-order valence-corrected chi connectivity index (χ3v) is 2.75. The summed E-state index contributed by atoms with van der Waals surface area (Å²) in [6.45, 7) is 0. The largest absolute Gasteiger partial charge is 0.477 e. The van der Waals surface area contributed by atoms with Crippen molar-refractivity contribution in [2.24, 2.45) is 0 Å². The Morgan fingerprint density at radius 1 is 1.40 bits per heavy atom. The van der Waals surface area contributed by atoms with Gasteiger partial charge in [0, 0.05) is 14.9 Å². The van der Waals surface area contributed by atoms with E-state index in [9.17, 15) is 4.79 Å². The highest BCUT2D eigenvalue weighted by molar-refractivity contribution is 9.10. The van der Waals surface area contributed by atoms with E-state index in [1.54, 1.807) is 18.2 Å². The first kappa shape index (κ1) is 10.4. The van der Waals surface area contributed by atoms with Gasteiger partial charge in [0.1, 0.15) is 5.69 Å². The van der Waals surface area contributed by atoms with Crippen molar-refractivity contribution in [2.75, 3.05) is 0 Å². The van der Waals surface area contributed by atoms with E-state index < -0.39 is 5.97 Å². The molecule has 76 valence electrons. The Kier molecular flexibility index (Phi) is 2.63. The number of nitrogens with zero attached hydrogens (tertiary/aromatic N) is 1. The number of carboxylic acids is 1. The van der Waals surface area contributed by atoms with Gasteiger partial charge in [0.2, 0.25) is 0 Å². The average molecular weight is 287 g/mol. The maximum absolute atomic E-state index is 10.7. The summed E-state index contributed by atoms with van der Waals surface area (Å²) in [5.41, 5.74) is 0.616. The zero-order valence-corrected chi connectivity index (χ0v) is 9.71. The summed E-state index contributed by atoms with van der Waals surface area (Å²) >= 11 is 9.14. The molecule has 2 aromatic rings. The lowest BCUT2D eigenvalue weighted by molar-refractivity contribution is 0.0691. The van der Waals surface area contributed by atoms with E-state index in [4.69, 9.17) is 16.7 Å². The quantitative estimate of drug-likeness (QED) is 0.874. The molecular weight excluding hydrogens is 281 g/mol. The topological polar surface area (TPSA) is 50.2 Å². The van der Waals surface area contributed by atoms with Crippen molar-refractivity contribution in [2.45, 2.75) is 0 Å². The second kappa shape index (κ2) is 3.79. The van der Waals surface area contributed by atoms with Gasteiger partial charge in [-0.2, -0.15) is 0 Å². The number of pyridine rings is 1. The van der Waals surface area contributed by atoms with Crippen LogP contribution in [0.15, 0.2) is 28.7 Å². The van der Waals surface area contributed by atoms with E-state index in [1.165, 1.54) is 6.07 Å². The molecule has 1 N–H and O–H groups in total. The number of aromatic carboxylic acids is 1. The molecule has 0 radical (unpaired) electrons. The summed E-state index contributed by atoms with van der Waals surface area (Å²) in [7, 11) is 0. The van der Waals surface area contributed by atoms with Crippen molar-refractivity contribution in [3.63, 3.8) is 0 Å². The van der Waals surface area contributed by atoms with E-state index in [1.807, 2.05) is 0 Å². The fraction of sp³-hybridized carbons (Fsp3) is 0. The van der Waals surface area contributed by atoms with Gasteiger partial charge in [-0.05, 0) is 34.1 Å². The minimum Gasteiger partial charge on any atom is -0.477 e. The van der Waals surface area contributed by atoms with Crippen molar-refractivity contribution in [1.29, 1.82) is 0 Å². The Balaban J connectivity index is 2.76. The molecule has 0 bridgehead atoms. The van der Waals surface area contributed by atoms with Crippen LogP contribution in [0, 0.1) is 0 Å². The molecule has 1 aromatic heterocycles. The lowest BCUT2D eigenvalue weighted by atomic mass is 10.2. The monoisotopic (exact) mass is 285 g/mol. The number of aromatic nitrogens is 1. The smallest absolute Gasteiger partial charge is 0.354 e. The number of hydrogen-bond acceptors (Lipinski definition) is 2. The summed E-state index contributed by atoms with van der Waals surface area (Å²) in [5.74, 6) is -1.04. The van der Waals surface area contributed by atoms with Crippen molar-refractivity contribution >= 4 is 44.4 Å². The van der Waals surface area contributed by atoms with Crippen LogP contribution in [0.25, 0.3) is 10.9 Å². The predicted octanol–water partition coefficient (Wildman–Crippen LogP) is 3.35. The lowest BCUT2D eigenvalue weighted by Crippen LogP contribution is -1.99. The number of carboxylic acid groups (broad SMARTS) is 1. The standard InChI is InChI=1S/C10H5BrClNO2/c11-7-4-6(12)3-5-1-2-8(10(14)15)13-9(5)7/h1-4H,(H,14,15). The van der Waals surface area contributed by atoms with Gasteiger partial charge in [-0.15, -0.1) is 0 Å². The van der Waals surface area contributed by atoms with Gasteiger partial charge in [-0.1, -0.05) is 17.7 Å². The van der Waals surface area contributed by atoms with Crippen LogP contribution in [0.1, 0.15) is 10.5 Å². The molecule has 0 fully saturated rings. The zero-order chi connectivity index (χ0) is 11.0. The molecule has 0 spiro atoms. The maximum atomic E-state index is 10.7. The van der Waals surface area contributed by atoms with Gasteiger partial charge in [0.25, 0.3) is 0 Å². The van der Waals surface area contributed by atoms with Crippen LogP contribution >= 0.6 is 27.5 Å². The summed E-state index contributed by atoms with van der Waals surface area (Å²) < 4.78 is 0.688. The number of benzene rings is 1. The highest BCUT2D eigenvalue weighted by Gasteiger charge is 2.08. The lowest BCUT2D eigenvalue weighted by Gasteiger charge is -2.02. The van der Waals surface area contributed by atoms with Gasteiger partial charge in [-0.3, -0.25) is 0 Å². The third-order valence-electron chi connectivity index (χ3n) is 1.93. The van der Waals surface area contributed by atoms with E-state index in [2.05, 4.69) is 20.9 Å². The molecule has 0 amide bonds. The molecule has 0 saturated heterocycles. The molecule has 0 saturated carbocycles. The van der Waals surface area contributed by atoms with Crippen LogP contribution in [0.4, 0.5) is 0 Å². The Bertz CT molecular complexity index is 556. The van der Waals surface area contributed by atoms with Gasteiger partial charge in [0.05, 0.1) is 5.52 Å². The van der Waals surface area contributed by atoms with Crippen LogP contribution in [-0.4, -0.2) is 16.1 Å². The SMILES string of the molecule is O=C(O)c1ccc2cc(Cl)cc(Br)c2n1. The molecule has 15 heavy (non-hydrogen) atoms. The summed E-state index contributed by atoms with van der Waals surface area (Å²) in [4.78, 5) is 14.7. The molecule has 2 rings (SSSR count). The Labute approximate surface area is 98.8 Å². The van der Waals surface area contributed by atoms with Crippen molar-refractivity contribution in [3.8, 4) is 0 Å². The normalized spacial score (nSPS) is 10.5. The molecule has 1 heterocycles. The van der Waals surface area contributed by atoms with Crippen molar-refractivity contribution in [1.82, 2.24) is 4.98 Å². The summed E-state index contributed by atoms with van der Waals surface area (Å²) in [5, 5.41) is 10.2. The van der Waals surface area contributed by atoms with Crippen LogP contribution in [0.3, 0.4) is 0 Å². The zero-order valence-electron chi connectivity index (χ0n) is 7.37. The molecule has 0 aliphatic carbocycles. The fourth-order valence-electron chi connectivity index (χ4n) is 1.28. The third kappa shape index (κ3) is 1.96. The molecule has 5 heteroatoms. The Morgan fingerprint density at radius 2 is 2.13 bits per heavy atom. The van der Waals surface area contributed by atoms with E-state index >= 15 is 0 Å². The van der Waals surface area contributed by atoms with Crippen LogP contribution < -0.4 is 0 Å². The molecule has 0 aliphatic heterocycles. The van der Waals surface area contributed by atoms with Gasteiger partial charge >= 0.3 is 5.97 Å². The number of hydrogen-bond donors (Lipinski definition) is 1. The molecule has 0 atom stereocenters. The highest BCUT2D eigenvalue weighted by Crippen LogP contribution is 2.26. The highest BCUT2D eigenvalue weighted by atomic mass is 79.9. The maximum Gasteiger partial charge on any atom is 0.354 e. The number of rotatable bonds is 1. The van der Waals surface area contributed by atoms with E-state index in [0.717, 1.165) is 5.39 Å². The Hall–Kier alpha value is -1.13. The van der Waals surface area contributed by atoms with E-state index in [-0.39, 0.29) is 5.69 Å². The molecule has 0 unspecified atom stereocenters. The number of halogens is 2. The first-order chi connectivity index (χ1) is 7.08. The minimum atomic E-state index is -1.04. The van der Waals surface area contributed by atoms with Gasteiger partial charge in [-0.25, -0.2) is 9.78 Å². The molecular formula is C10H5BrClNO2.